The minimum atomic E-state index is 0.217. The second-order valence-corrected chi connectivity index (χ2v) is 7.04. The van der Waals surface area contributed by atoms with Crippen molar-refractivity contribution in [1.82, 2.24) is 14.8 Å². The zero-order valence-electron chi connectivity index (χ0n) is 13.1. The SMILES string of the molecule is Cc1nc(C)c(CN2CCN(Cc3ccccc3)C(=O)C2)s1. The Morgan fingerprint density at radius 1 is 1.14 bits per heavy atom. The molecule has 1 saturated heterocycles. The number of hydrogen-bond donors (Lipinski definition) is 0. The monoisotopic (exact) mass is 315 g/mol. The van der Waals surface area contributed by atoms with Gasteiger partial charge in [-0.05, 0) is 19.4 Å². The van der Waals surface area contributed by atoms with Crippen LogP contribution in [0.25, 0.3) is 0 Å². The van der Waals surface area contributed by atoms with Gasteiger partial charge in [0.25, 0.3) is 0 Å². The van der Waals surface area contributed by atoms with Crippen LogP contribution in [-0.4, -0.2) is 40.3 Å². The Hall–Kier alpha value is -1.72. The summed E-state index contributed by atoms with van der Waals surface area (Å²) in [6.45, 7) is 7.85. The zero-order chi connectivity index (χ0) is 15.5. The molecule has 1 aromatic carbocycles. The molecule has 22 heavy (non-hydrogen) atoms. The van der Waals surface area contributed by atoms with Crippen molar-refractivity contribution in [2.24, 2.45) is 0 Å². The number of aryl methyl sites for hydroxylation is 2. The highest BCUT2D eigenvalue weighted by Crippen LogP contribution is 2.20. The molecule has 1 aliphatic heterocycles. The van der Waals surface area contributed by atoms with E-state index in [9.17, 15) is 4.79 Å². The van der Waals surface area contributed by atoms with Crippen LogP contribution in [0.4, 0.5) is 0 Å². The maximum absolute atomic E-state index is 12.4. The summed E-state index contributed by atoms with van der Waals surface area (Å²) in [7, 11) is 0. The fraction of sp³-hybridized carbons (Fsp3) is 0.412. The fourth-order valence-electron chi connectivity index (χ4n) is 2.79. The number of rotatable bonds is 4. The van der Waals surface area contributed by atoms with Crippen LogP contribution in [-0.2, 0) is 17.9 Å². The first-order chi connectivity index (χ1) is 10.6. The van der Waals surface area contributed by atoms with Crippen molar-refractivity contribution in [3.05, 3.63) is 51.5 Å². The molecule has 0 N–H and O–H groups in total. The predicted molar refractivity (Wildman–Crippen MR) is 88.7 cm³/mol. The molecule has 0 radical (unpaired) electrons. The van der Waals surface area contributed by atoms with E-state index in [2.05, 4.69) is 22.0 Å². The van der Waals surface area contributed by atoms with E-state index in [0.717, 1.165) is 30.3 Å². The summed E-state index contributed by atoms with van der Waals surface area (Å²) in [5.74, 6) is 0.217. The smallest absolute Gasteiger partial charge is 0.237 e. The molecule has 2 heterocycles. The lowest BCUT2D eigenvalue weighted by atomic mass is 10.2. The first kappa shape index (κ1) is 15.2. The molecule has 0 saturated carbocycles. The maximum Gasteiger partial charge on any atom is 0.237 e. The third kappa shape index (κ3) is 3.54. The van der Waals surface area contributed by atoms with Gasteiger partial charge in [-0.3, -0.25) is 9.69 Å². The van der Waals surface area contributed by atoms with Gasteiger partial charge in [0, 0.05) is 31.1 Å². The van der Waals surface area contributed by atoms with Gasteiger partial charge in [0.2, 0.25) is 5.91 Å². The average molecular weight is 315 g/mol. The number of amides is 1. The number of hydrogen-bond acceptors (Lipinski definition) is 4. The molecule has 4 nitrogen and oxygen atoms in total. The van der Waals surface area contributed by atoms with Crippen molar-refractivity contribution in [2.75, 3.05) is 19.6 Å². The van der Waals surface area contributed by atoms with Gasteiger partial charge >= 0.3 is 0 Å². The number of carbonyl (C=O) groups is 1. The van der Waals surface area contributed by atoms with Gasteiger partial charge in [-0.15, -0.1) is 11.3 Å². The van der Waals surface area contributed by atoms with Crippen molar-refractivity contribution < 1.29 is 4.79 Å². The normalized spacial score (nSPS) is 16.3. The first-order valence-corrected chi connectivity index (χ1v) is 8.40. The van der Waals surface area contributed by atoms with E-state index >= 15 is 0 Å². The third-order valence-corrected chi connectivity index (χ3v) is 5.04. The number of carbonyl (C=O) groups excluding carboxylic acids is 1. The fourth-order valence-corrected chi connectivity index (χ4v) is 3.77. The van der Waals surface area contributed by atoms with E-state index in [4.69, 9.17) is 0 Å². The van der Waals surface area contributed by atoms with E-state index in [0.29, 0.717) is 13.1 Å². The van der Waals surface area contributed by atoms with Crippen LogP contribution in [0.5, 0.6) is 0 Å². The molecule has 1 amide bonds. The molecule has 2 aromatic rings. The molecular formula is C17H21N3OS. The second-order valence-electron chi connectivity index (χ2n) is 5.75. The van der Waals surface area contributed by atoms with Crippen LogP contribution in [0, 0.1) is 13.8 Å². The van der Waals surface area contributed by atoms with Crippen LogP contribution >= 0.6 is 11.3 Å². The van der Waals surface area contributed by atoms with Gasteiger partial charge in [-0.1, -0.05) is 30.3 Å². The molecule has 1 fully saturated rings. The highest BCUT2D eigenvalue weighted by Gasteiger charge is 2.24. The van der Waals surface area contributed by atoms with Crippen LogP contribution in [0.15, 0.2) is 30.3 Å². The van der Waals surface area contributed by atoms with Crippen molar-refractivity contribution in [3.63, 3.8) is 0 Å². The maximum atomic E-state index is 12.4. The van der Waals surface area contributed by atoms with E-state index in [1.165, 1.54) is 10.4 Å². The van der Waals surface area contributed by atoms with E-state index < -0.39 is 0 Å². The zero-order valence-corrected chi connectivity index (χ0v) is 13.9. The number of thiazole rings is 1. The lowest BCUT2D eigenvalue weighted by Gasteiger charge is -2.34. The van der Waals surface area contributed by atoms with Gasteiger partial charge in [0.05, 0.1) is 17.2 Å². The third-order valence-electron chi connectivity index (χ3n) is 3.98. The van der Waals surface area contributed by atoms with Gasteiger partial charge in [0.1, 0.15) is 0 Å². The predicted octanol–water partition coefficient (Wildman–Crippen LogP) is 2.60. The van der Waals surface area contributed by atoms with Gasteiger partial charge in [0.15, 0.2) is 0 Å². The largest absolute Gasteiger partial charge is 0.336 e. The van der Waals surface area contributed by atoms with Crippen molar-refractivity contribution in [1.29, 1.82) is 0 Å². The Bertz CT molecular complexity index is 653. The molecule has 0 bridgehead atoms. The lowest BCUT2D eigenvalue weighted by molar-refractivity contribution is -0.136. The first-order valence-electron chi connectivity index (χ1n) is 7.59. The number of aromatic nitrogens is 1. The second kappa shape index (κ2) is 6.58. The Morgan fingerprint density at radius 3 is 2.55 bits per heavy atom. The summed E-state index contributed by atoms with van der Waals surface area (Å²) in [4.78, 5) is 22.3. The molecule has 1 aliphatic rings. The molecule has 0 atom stereocenters. The molecule has 3 rings (SSSR count). The summed E-state index contributed by atoms with van der Waals surface area (Å²) in [6, 6.07) is 10.2. The van der Waals surface area contributed by atoms with Gasteiger partial charge < -0.3 is 4.90 Å². The molecule has 1 aromatic heterocycles. The number of benzene rings is 1. The standard InChI is InChI=1S/C17H21N3OS/c1-13-16(22-14(2)18-13)11-19-8-9-20(17(21)12-19)10-15-6-4-3-5-7-15/h3-7H,8-12H2,1-2H3. The van der Waals surface area contributed by atoms with Crippen LogP contribution < -0.4 is 0 Å². The number of nitrogens with zero attached hydrogens (tertiary/aromatic N) is 3. The van der Waals surface area contributed by atoms with Crippen molar-refractivity contribution in [2.45, 2.75) is 26.9 Å². The summed E-state index contributed by atoms with van der Waals surface area (Å²) in [5, 5.41) is 1.10. The topological polar surface area (TPSA) is 36.4 Å². The quantitative estimate of drug-likeness (QED) is 0.870. The summed E-state index contributed by atoms with van der Waals surface area (Å²) in [6.07, 6.45) is 0. The van der Waals surface area contributed by atoms with Gasteiger partial charge in [-0.25, -0.2) is 4.98 Å². The van der Waals surface area contributed by atoms with Crippen LogP contribution in [0.1, 0.15) is 21.1 Å². The Balaban J connectivity index is 1.58. The Morgan fingerprint density at radius 2 is 1.91 bits per heavy atom. The van der Waals surface area contributed by atoms with Gasteiger partial charge in [-0.2, -0.15) is 0 Å². The Kier molecular flexibility index (Phi) is 4.55. The van der Waals surface area contributed by atoms with Crippen molar-refractivity contribution in [3.8, 4) is 0 Å². The van der Waals surface area contributed by atoms with Crippen LogP contribution in [0.2, 0.25) is 0 Å². The van der Waals surface area contributed by atoms with E-state index in [-0.39, 0.29) is 5.91 Å². The molecular weight excluding hydrogens is 294 g/mol. The molecule has 116 valence electrons. The minimum absolute atomic E-state index is 0.217. The Labute approximate surface area is 135 Å². The summed E-state index contributed by atoms with van der Waals surface area (Å²) < 4.78 is 0. The molecule has 0 aliphatic carbocycles. The number of piperazine rings is 1. The summed E-state index contributed by atoms with van der Waals surface area (Å²) >= 11 is 1.73. The van der Waals surface area contributed by atoms with E-state index in [1.54, 1.807) is 11.3 Å². The van der Waals surface area contributed by atoms with E-state index in [1.807, 2.05) is 36.9 Å². The average Bonchev–Trinajstić information content (AvgIpc) is 2.81. The highest BCUT2D eigenvalue weighted by molar-refractivity contribution is 7.11. The molecule has 0 spiro atoms. The molecule has 0 unspecified atom stereocenters. The lowest BCUT2D eigenvalue weighted by Crippen LogP contribution is -2.49. The highest BCUT2D eigenvalue weighted by atomic mass is 32.1. The van der Waals surface area contributed by atoms with Crippen molar-refractivity contribution >= 4 is 17.2 Å². The summed E-state index contributed by atoms with van der Waals surface area (Å²) in [5.41, 5.74) is 2.29. The molecule has 5 heteroatoms. The van der Waals surface area contributed by atoms with Crippen LogP contribution in [0.3, 0.4) is 0 Å². The minimum Gasteiger partial charge on any atom is -0.336 e.